The molecule has 1 fully saturated rings. The quantitative estimate of drug-likeness (QED) is 0.809. The van der Waals surface area contributed by atoms with Crippen LogP contribution in [-0.2, 0) is 9.47 Å². The van der Waals surface area contributed by atoms with Crippen molar-refractivity contribution in [1.82, 2.24) is 9.97 Å². The van der Waals surface area contributed by atoms with Crippen LogP contribution in [0.3, 0.4) is 0 Å². The van der Waals surface area contributed by atoms with Crippen LogP contribution in [-0.4, -0.2) is 41.9 Å². The first-order valence-electron chi connectivity index (χ1n) is 5.51. The summed E-state index contributed by atoms with van der Waals surface area (Å²) in [7, 11) is 1.71. The van der Waals surface area contributed by atoms with E-state index >= 15 is 0 Å². The van der Waals surface area contributed by atoms with E-state index < -0.39 is 0 Å². The van der Waals surface area contributed by atoms with Gasteiger partial charge in [0.05, 0.1) is 30.2 Å². The number of methoxy groups -OCH3 is 1. The Labute approximate surface area is 95.2 Å². The number of nitrogens with zero attached hydrogens (tertiary/aromatic N) is 2. The normalized spacial score (nSPS) is 28.5. The summed E-state index contributed by atoms with van der Waals surface area (Å²) >= 11 is 0. The lowest BCUT2D eigenvalue weighted by atomic mass is 9.85. The minimum Gasteiger partial charge on any atom is -0.377 e. The van der Waals surface area contributed by atoms with Crippen molar-refractivity contribution in [2.24, 2.45) is 0 Å². The molecule has 5 nitrogen and oxygen atoms in total. The number of ether oxygens (including phenoxy) is 2. The molecule has 0 amide bonds. The van der Waals surface area contributed by atoms with Crippen molar-refractivity contribution in [2.75, 3.05) is 19.0 Å². The van der Waals surface area contributed by atoms with Crippen LogP contribution in [0.1, 0.15) is 13.3 Å². The third-order valence-electron chi connectivity index (χ3n) is 2.81. The van der Waals surface area contributed by atoms with Crippen LogP contribution in [0.5, 0.6) is 0 Å². The first kappa shape index (κ1) is 11.3. The summed E-state index contributed by atoms with van der Waals surface area (Å²) in [6.07, 6.45) is 6.31. The van der Waals surface area contributed by atoms with Crippen LogP contribution in [0.2, 0.25) is 0 Å². The van der Waals surface area contributed by atoms with Crippen molar-refractivity contribution in [1.29, 1.82) is 0 Å². The zero-order valence-corrected chi connectivity index (χ0v) is 9.59. The maximum atomic E-state index is 5.55. The smallest absolute Gasteiger partial charge is 0.115 e. The minimum atomic E-state index is 0.111. The highest BCUT2D eigenvalue weighted by Gasteiger charge is 2.42. The largest absolute Gasteiger partial charge is 0.377 e. The Hall–Kier alpha value is -1.20. The van der Waals surface area contributed by atoms with Crippen LogP contribution < -0.4 is 5.32 Å². The molecule has 1 saturated carbocycles. The average Bonchev–Trinajstić information content (AvgIpc) is 2.29. The predicted octanol–water partition coefficient (Wildman–Crippen LogP) is 1.08. The number of aromatic nitrogens is 2. The molecule has 16 heavy (non-hydrogen) atoms. The molecule has 0 spiro atoms. The van der Waals surface area contributed by atoms with Gasteiger partial charge in [-0.3, -0.25) is 0 Å². The molecule has 0 saturated heterocycles. The van der Waals surface area contributed by atoms with Gasteiger partial charge in [0.15, 0.2) is 0 Å². The van der Waals surface area contributed by atoms with Gasteiger partial charge < -0.3 is 14.8 Å². The summed E-state index contributed by atoms with van der Waals surface area (Å²) in [6.45, 7) is 2.73. The summed E-state index contributed by atoms with van der Waals surface area (Å²) in [6, 6.07) is 0.285. The van der Waals surface area contributed by atoms with E-state index in [4.69, 9.17) is 9.47 Å². The zero-order chi connectivity index (χ0) is 11.4. The van der Waals surface area contributed by atoms with Gasteiger partial charge in [-0.05, 0) is 13.3 Å². The SMILES string of the molecule is CCOC1CC(Nc2cncnc2)C1OC. The lowest BCUT2D eigenvalue weighted by Crippen LogP contribution is -2.56. The van der Waals surface area contributed by atoms with E-state index in [1.54, 1.807) is 19.5 Å². The van der Waals surface area contributed by atoms with Gasteiger partial charge in [-0.15, -0.1) is 0 Å². The Morgan fingerprint density at radius 3 is 2.81 bits per heavy atom. The number of rotatable bonds is 5. The van der Waals surface area contributed by atoms with E-state index in [1.165, 1.54) is 6.33 Å². The van der Waals surface area contributed by atoms with E-state index in [1.807, 2.05) is 6.92 Å². The van der Waals surface area contributed by atoms with Crippen molar-refractivity contribution in [3.05, 3.63) is 18.7 Å². The molecule has 1 heterocycles. The molecule has 0 aromatic carbocycles. The third kappa shape index (κ3) is 2.31. The fourth-order valence-corrected chi connectivity index (χ4v) is 2.00. The number of nitrogens with one attached hydrogen (secondary N) is 1. The highest BCUT2D eigenvalue weighted by Crippen LogP contribution is 2.29. The summed E-state index contributed by atoms with van der Waals surface area (Å²) in [5, 5.41) is 3.34. The van der Waals surface area contributed by atoms with E-state index in [0.717, 1.165) is 18.7 Å². The van der Waals surface area contributed by atoms with Gasteiger partial charge in [0.25, 0.3) is 0 Å². The Morgan fingerprint density at radius 1 is 1.44 bits per heavy atom. The molecule has 1 aromatic rings. The number of hydrogen-bond donors (Lipinski definition) is 1. The second kappa shape index (κ2) is 5.23. The number of hydrogen-bond acceptors (Lipinski definition) is 5. The standard InChI is InChI=1S/C11H17N3O2/c1-3-16-10-4-9(11(10)15-2)14-8-5-12-7-13-6-8/h5-7,9-11,14H,3-4H2,1-2H3. The molecule has 3 unspecified atom stereocenters. The van der Waals surface area contributed by atoms with Crippen LogP contribution >= 0.6 is 0 Å². The van der Waals surface area contributed by atoms with E-state index in [2.05, 4.69) is 15.3 Å². The van der Waals surface area contributed by atoms with Gasteiger partial charge >= 0.3 is 0 Å². The summed E-state index contributed by atoms with van der Waals surface area (Å²) < 4.78 is 11.0. The lowest BCUT2D eigenvalue weighted by molar-refractivity contribution is -0.118. The second-order valence-electron chi connectivity index (χ2n) is 3.81. The van der Waals surface area contributed by atoms with Crippen LogP contribution in [0.15, 0.2) is 18.7 Å². The summed E-state index contributed by atoms with van der Waals surface area (Å²) in [5.74, 6) is 0. The third-order valence-corrected chi connectivity index (χ3v) is 2.81. The van der Waals surface area contributed by atoms with E-state index in [9.17, 15) is 0 Å². The zero-order valence-electron chi connectivity index (χ0n) is 9.59. The predicted molar refractivity (Wildman–Crippen MR) is 60.3 cm³/mol. The molecule has 1 aromatic heterocycles. The van der Waals surface area contributed by atoms with Gasteiger partial charge in [-0.2, -0.15) is 0 Å². The van der Waals surface area contributed by atoms with Crippen LogP contribution in [0, 0.1) is 0 Å². The van der Waals surface area contributed by atoms with Gasteiger partial charge in [0.2, 0.25) is 0 Å². The Balaban J connectivity index is 1.88. The fourth-order valence-electron chi connectivity index (χ4n) is 2.00. The molecule has 0 aliphatic heterocycles. The topological polar surface area (TPSA) is 56.3 Å². The van der Waals surface area contributed by atoms with Crippen molar-refractivity contribution in [3.63, 3.8) is 0 Å². The summed E-state index contributed by atoms with van der Waals surface area (Å²) in [4.78, 5) is 7.91. The van der Waals surface area contributed by atoms with Gasteiger partial charge in [0.1, 0.15) is 12.4 Å². The van der Waals surface area contributed by atoms with Crippen molar-refractivity contribution >= 4 is 5.69 Å². The van der Waals surface area contributed by atoms with Crippen LogP contribution in [0.25, 0.3) is 0 Å². The van der Waals surface area contributed by atoms with E-state index in [0.29, 0.717) is 0 Å². The van der Waals surface area contributed by atoms with Crippen molar-refractivity contribution < 1.29 is 9.47 Å². The molecule has 1 aliphatic rings. The Bertz CT molecular complexity index is 320. The number of anilines is 1. The summed E-state index contributed by atoms with van der Waals surface area (Å²) in [5.41, 5.74) is 0.921. The molecule has 2 rings (SSSR count). The fraction of sp³-hybridized carbons (Fsp3) is 0.636. The van der Waals surface area contributed by atoms with Crippen LogP contribution in [0.4, 0.5) is 5.69 Å². The Kier molecular flexibility index (Phi) is 3.69. The van der Waals surface area contributed by atoms with Gasteiger partial charge in [-0.25, -0.2) is 9.97 Å². The molecule has 3 atom stereocenters. The van der Waals surface area contributed by atoms with Gasteiger partial charge in [0, 0.05) is 13.7 Å². The highest BCUT2D eigenvalue weighted by atomic mass is 16.5. The first-order valence-corrected chi connectivity index (χ1v) is 5.51. The van der Waals surface area contributed by atoms with Crippen molar-refractivity contribution in [3.8, 4) is 0 Å². The average molecular weight is 223 g/mol. The minimum absolute atomic E-state index is 0.111. The van der Waals surface area contributed by atoms with E-state index in [-0.39, 0.29) is 18.2 Å². The van der Waals surface area contributed by atoms with Crippen molar-refractivity contribution in [2.45, 2.75) is 31.6 Å². The maximum absolute atomic E-state index is 5.55. The molecular formula is C11H17N3O2. The molecule has 0 bridgehead atoms. The maximum Gasteiger partial charge on any atom is 0.115 e. The monoisotopic (exact) mass is 223 g/mol. The lowest BCUT2D eigenvalue weighted by Gasteiger charge is -2.43. The second-order valence-corrected chi connectivity index (χ2v) is 3.81. The first-order chi connectivity index (χ1) is 7.85. The Morgan fingerprint density at radius 2 is 2.19 bits per heavy atom. The molecule has 1 N–H and O–H groups in total. The molecule has 1 aliphatic carbocycles. The molecule has 0 radical (unpaired) electrons. The highest BCUT2D eigenvalue weighted by molar-refractivity contribution is 5.40. The molecule has 88 valence electrons. The van der Waals surface area contributed by atoms with Gasteiger partial charge in [-0.1, -0.05) is 0 Å². The molecular weight excluding hydrogens is 206 g/mol. The molecule has 5 heteroatoms.